The van der Waals surface area contributed by atoms with Gasteiger partial charge in [0.15, 0.2) is 0 Å². The van der Waals surface area contributed by atoms with Crippen molar-refractivity contribution >= 4 is 15.9 Å². The van der Waals surface area contributed by atoms with E-state index in [1.807, 2.05) is 0 Å². The average molecular weight is 204 g/mol. The molecule has 0 aliphatic heterocycles. The summed E-state index contributed by atoms with van der Waals surface area (Å²) in [6.45, 7) is 2.56. The van der Waals surface area contributed by atoms with E-state index in [9.17, 15) is 0 Å². The van der Waals surface area contributed by atoms with E-state index in [4.69, 9.17) is 5.73 Å². The molecule has 0 aliphatic rings. The quantitative estimate of drug-likeness (QED) is 0.760. The normalized spacial score (nSPS) is 10.3. The van der Waals surface area contributed by atoms with E-state index in [1.54, 1.807) is 0 Å². The van der Waals surface area contributed by atoms with Crippen LogP contribution in [0.3, 0.4) is 0 Å². The molecule has 0 atom stereocenters. The van der Waals surface area contributed by atoms with Crippen LogP contribution in [0.4, 0.5) is 0 Å². The van der Waals surface area contributed by atoms with Crippen molar-refractivity contribution in [2.45, 2.75) is 19.9 Å². The zero-order valence-corrected chi connectivity index (χ0v) is 7.40. The minimum absolute atomic E-state index is 0.508. The molecule has 1 heterocycles. The molecule has 0 fully saturated rings. The Morgan fingerprint density at radius 1 is 1.70 bits per heavy atom. The Labute approximate surface area is 68.1 Å². The first-order valence-corrected chi connectivity index (χ1v) is 4.00. The maximum Gasteiger partial charge on any atom is 0.0764 e. The Bertz CT molecular complexity index is 197. The molecular weight excluding hydrogens is 194 g/mol. The standard InChI is InChI=1S/C6H10BrN3/c1-2-4-6(7)5(3-8)10-9-4/h2-3,8H2,1H3,(H,9,10). The molecular formula is C6H10BrN3. The molecule has 0 amide bonds. The number of hydrogen-bond acceptors (Lipinski definition) is 2. The summed E-state index contributed by atoms with van der Waals surface area (Å²) in [4.78, 5) is 0. The third kappa shape index (κ3) is 1.22. The second kappa shape index (κ2) is 3.16. The van der Waals surface area contributed by atoms with E-state index in [0.717, 1.165) is 22.3 Å². The van der Waals surface area contributed by atoms with Crippen molar-refractivity contribution in [3.8, 4) is 0 Å². The topological polar surface area (TPSA) is 54.7 Å². The van der Waals surface area contributed by atoms with Crippen LogP contribution in [0, 0.1) is 0 Å². The first-order chi connectivity index (χ1) is 4.79. The fraction of sp³-hybridized carbons (Fsp3) is 0.500. The molecule has 0 radical (unpaired) electrons. The first-order valence-electron chi connectivity index (χ1n) is 3.21. The molecule has 0 unspecified atom stereocenters. The third-order valence-electron chi connectivity index (χ3n) is 1.38. The Hall–Kier alpha value is -0.350. The van der Waals surface area contributed by atoms with Gasteiger partial charge in [0.2, 0.25) is 0 Å². The number of nitrogens with two attached hydrogens (primary N) is 1. The van der Waals surface area contributed by atoms with E-state index >= 15 is 0 Å². The highest BCUT2D eigenvalue weighted by atomic mass is 79.9. The summed E-state index contributed by atoms with van der Waals surface area (Å²) in [6.07, 6.45) is 0.928. The summed E-state index contributed by atoms with van der Waals surface area (Å²) >= 11 is 3.40. The third-order valence-corrected chi connectivity index (χ3v) is 2.32. The number of hydrogen-bond donors (Lipinski definition) is 2. The number of rotatable bonds is 2. The number of H-pyrrole nitrogens is 1. The number of aromatic nitrogens is 2. The van der Waals surface area contributed by atoms with E-state index in [-0.39, 0.29) is 0 Å². The maximum atomic E-state index is 5.42. The summed E-state index contributed by atoms with van der Waals surface area (Å²) in [5, 5.41) is 6.91. The highest BCUT2D eigenvalue weighted by Crippen LogP contribution is 2.18. The van der Waals surface area contributed by atoms with Crippen molar-refractivity contribution < 1.29 is 0 Å². The van der Waals surface area contributed by atoms with Gasteiger partial charge in [0.1, 0.15) is 0 Å². The monoisotopic (exact) mass is 203 g/mol. The molecule has 10 heavy (non-hydrogen) atoms. The van der Waals surface area contributed by atoms with Gasteiger partial charge in [-0.15, -0.1) is 0 Å². The van der Waals surface area contributed by atoms with Crippen LogP contribution in [0.25, 0.3) is 0 Å². The first kappa shape index (κ1) is 7.75. The van der Waals surface area contributed by atoms with E-state index in [0.29, 0.717) is 6.54 Å². The molecule has 0 aromatic carbocycles. The summed E-state index contributed by atoms with van der Waals surface area (Å²) < 4.78 is 1.03. The van der Waals surface area contributed by atoms with E-state index < -0.39 is 0 Å². The van der Waals surface area contributed by atoms with Crippen molar-refractivity contribution in [2.24, 2.45) is 5.73 Å². The van der Waals surface area contributed by atoms with Crippen molar-refractivity contribution in [1.29, 1.82) is 0 Å². The Morgan fingerprint density at radius 3 is 2.70 bits per heavy atom. The molecule has 1 aromatic rings. The summed E-state index contributed by atoms with van der Waals surface area (Å²) in [6, 6.07) is 0. The van der Waals surface area contributed by atoms with Gasteiger partial charge in [-0.2, -0.15) is 5.10 Å². The van der Waals surface area contributed by atoms with Gasteiger partial charge in [-0.1, -0.05) is 6.92 Å². The van der Waals surface area contributed by atoms with Gasteiger partial charge in [-0.05, 0) is 22.4 Å². The van der Waals surface area contributed by atoms with Crippen LogP contribution in [0.2, 0.25) is 0 Å². The van der Waals surface area contributed by atoms with Crippen LogP contribution in [0.1, 0.15) is 18.3 Å². The van der Waals surface area contributed by atoms with Gasteiger partial charge in [0, 0.05) is 6.54 Å². The zero-order valence-electron chi connectivity index (χ0n) is 5.82. The van der Waals surface area contributed by atoms with E-state index in [1.165, 1.54) is 0 Å². The highest BCUT2D eigenvalue weighted by molar-refractivity contribution is 9.10. The number of nitrogens with zero attached hydrogens (tertiary/aromatic N) is 1. The number of aromatic amines is 1. The number of halogens is 1. The minimum Gasteiger partial charge on any atom is -0.325 e. The van der Waals surface area contributed by atoms with Gasteiger partial charge < -0.3 is 5.73 Å². The highest BCUT2D eigenvalue weighted by Gasteiger charge is 2.05. The molecule has 1 aromatic heterocycles. The van der Waals surface area contributed by atoms with Crippen molar-refractivity contribution in [3.05, 3.63) is 15.9 Å². The second-order valence-corrected chi connectivity index (χ2v) is 2.81. The van der Waals surface area contributed by atoms with Gasteiger partial charge in [-0.25, -0.2) is 0 Å². The Kier molecular flexibility index (Phi) is 2.45. The largest absolute Gasteiger partial charge is 0.325 e. The Morgan fingerprint density at radius 2 is 2.40 bits per heavy atom. The van der Waals surface area contributed by atoms with Crippen LogP contribution < -0.4 is 5.73 Å². The van der Waals surface area contributed by atoms with Gasteiger partial charge in [-0.3, -0.25) is 5.10 Å². The van der Waals surface area contributed by atoms with Crippen LogP contribution >= 0.6 is 15.9 Å². The molecule has 3 nitrogen and oxygen atoms in total. The lowest BCUT2D eigenvalue weighted by atomic mass is 10.3. The summed E-state index contributed by atoms with van der Waals surface area (Å²) in [5.74, 6) is 0. The van der Waals surface area contributed by atoms with Crippen LogP contribution in [0.15, 0.2) is 4.47 Å². The summed E-state index contributed by atoms with van der Waals surface area (Å²) in [5.41, 5.74) is 7.43. The van der Waals surface area contributed by atoms with Crippen molar-refractivity contribution in [3.63, 3.8) is 0 Å². The molecule has 0 saturated heterocycles. The molecule has 0 aliphatic carbocycles. The SMILES string of the molecule is CCc1n[nH]c(CN)c1Br. The average Bonchev–Trinajstić information content (AvgIpc) is 2.30. The minimum atomic E-state index is 0.508. The van der Waals surface area contributed by atoms with Crippen LogP contribution in [0.5, 0.6) is 0 Å². The molecule has 3 N–H and O–H groups in total. The maximum absolute atomic E-state index is 5.42. The van der Waals surface area contributed by atoms with E-state index in [2.05, 4.69) is 33.1 Å². The van der Waals surface area contributed by atoms with Crippen LogP contribution in [-0.2, 0) is 13.0 Å². The predicted octanol–water partition coefficient (Wildman–Crippen LogP) is 1.19. The number of aryl methyl sites for hydroxylation is 1. The zero-order chi connectivity index (χ0) is 7.56. The lowest BCUT2D eigenvalue weighted by molar-refractivity contribution is 0.921. The molecule has 0 saturated carbocycles. The van der Waals surface area contributed by atoms with Gasteiger partial charge >= 0.3 is 0 Å². The van der Waals surface area contributed by atoms with Gasteiger partial charge in [0.25, 0.3) is 0 Å². The predicted molar refractivity (Wildman–Crippen MR) is 43.6 cm³/mol. The summed E-state index contributed by atoms with van der Waals surface area (Å²) in [7, 11) is 0. The molecule has 1 rings (SSSR count). The van der Waals surface area contributed by atoms with Crippen molar-refractivity contribution in [1.82, 2.24) is 10.2 Å². The van der Waals surface area contributed by atoms with Gasteiger partial charge in [0.05, 0.1) is 15.9 Å². The van der Waals surface area contributed by atoms with Crippen LogP contribution in [-0.4, -0.2) is 10.2 Å². The Balaban J connectivity index is 2.97. The fourth-order valence-corrected chi connectivity index (χ4v) is 1.40. The molecule has 56 valence electrons. The number of nitrogens with one attached hydrogen (secondary N) is 1. The lowest BCUT2D eigenvalue weighted by Gasteiger charge is -1.90. The smallest absolute Gasteiger partial charge is 0.0764 e. The van der Waals surface area contributed by atoms with Crippen molar-refractivity contribution in [2.75, 3.05) is 0 Å². The molecule has 0 bridgehead atoms. The second-order valence-electron chi connectivity index (χ2n) is 2.02. The fourth-order valence-electron chi connectivity index (χ4n) is 0.777. The lowest BCUT2D eigenvalue weighted by Crippen LogP contribution is -1.96. The molecule has 4 heteroatoms. The molecule has 0 spiro atoms.